The molecule has 6 heteroatoms. The second kappa shape index (κ2) is 11.7. The van der Waals surface area contributed by atoms with Crippen LogP contribution in [0, 0.1) is 0 Å². The van der Waals surface area contributed by atoms with Gasteiger partial charge in [-0.05, 0) is 63.0 Å². The van der Waals surface area contributed by atoms with Crippen LogP contribution in [-0.2, 0) is 23.2 Å². The number of aliphatic hydroxyl groups excluding tert-OH is 1. The summed E-state index contributed by atoms with van der Waals surface area (Å²) in [5, 5.41) is 7.76. The number of carbonyl (C=O) groups is 1. The number of fused-ring (bicyclic) bond motifs is 2. The van der Waals surface area contributed by atoms with Crippen LogP contribution in [0.15, 0.2) is 36.4 Å². The van der Waals surface area contributed by atoms with E-state index in [1.54, 1.807) is 0 Å². The van der Waals surface area contributed by atoms with Crippen LogP contribution in [0.25, 0.3) is 0 Å². The summed E-state index contributed by atoms with van der Waals surface area (Å²) in [5.74, 6) is 1.77. The molecule has 1 saturated heterocycles. The van der Waals surface area contributed by atoms with Crippen LogP contribution in [0.5, 0.6) is 11.5 Å². The number of ether oxygens (including phenoxy) is 2. The minimum absolute atomic E-state index is 0.118. The molecule has 0 aliphatic carbocycles. The highest BCUT2D eigenvalue weighted by atomic mass is 35.5. The van der Waals surface area contributed by atoms with Crippen LogP contribution in [0.3, 0.4) is 0 Å². The van der Waals surface area contributed by atoms with Gasteiger partial charge in [0, 0.05) is 41.2 Å². The first-order valence-corrected chi connectivity index (χ1v) is 11.8. The quantitative estimate of drug-likeness (QED) is 0.454. The van der Waals surface area contributed by atoms with Crippen molar-refractivity contribution in [3.8, 4) is 11.5 Å². The van der Waals surface area contributed by atoms with Gasteiger partial charge < -0.3 is 24.3 Å². The third-order valence-electron chi connectivity index (χ3n) is 6.62. The molecular weight excluding hydrogens is 426 g/mol. The van der Waals surface area contributed by atoms with E-state index >= 15 is 0 Å². The Balaban J connectivity index is 0.00000141. The first-order valence-electron chi connectivity index (χ1n) is 11.4. The van der Waals surface area contributed by atoms with E-state index in [1.807, 2.05) is 18.2 Å². The predicted molar refractivity (Wildman–Crippen MR) is 128 cm³/mol. The van der Waals surface area contributed by atoms with Gasteiger partial charge in [0.15, 0.2) is 0 Å². The number of benzene rings is 2. The molecule has 2 aromatic carbocycles. The molecule has 32 heavy (non-hydrogen) atoms. The summed E-state index contributed by atoms with van der Waals surface area (Å²) in [6, 6.07) is 12.3. The highest BCUT2D eigenvalue weighted by Crippen LogP contribution is 2.46. The average Bonchev–Trinajstić information content (AvgIpc) is 3.18. The van der Waals surface area contributed by atoms with E-state index < -0.39 is 0 Å². The molecule has 1 spiro atoms. The van der Waals surface area contributed by atoms with E-state index in [-0.39, 0.29) is 5.41 Å². The smallest absolute Gasteiger partial charge is 0.126 e. The van der Waals surface area contributed by atoms with E-state index in [4.69, 9.17) is 26.2 Å². The van der Waals surface area contributed by atoms with E-state index in [9.17, 15) is 4.79 Å². The van der Waals surface area contributed by atoms with Crippen LogP contribution in [-0.4, -0.2) is 49.6 Å². The van der Waals surface area contributed by atoms with E-state index in [1.165, 1.54) is 11.1 Å². The first kappa shape index (κ1) is 24.6. The molecule has 0 amide bonds. The molecule has 2 aromatic rings. The van der Waals surface area contributed by atoms with Crippen LogP contribution in [0.1, 0.15) is 49.3 Å². The van der Waals surface area contributed by atoms with Crippen molar-refractivity contribution in [1.82, 2.24) is 4.90 Å². The van der Waals surface area contributed by atoms with Crippen molar-refractivity contribution >= 4 is 17.9 Å². The Bertz CT molecular complexity index is 893. The van der Waals surface area contributed by atoms with E-state index in [0.717, 1.165) is 87.4 Å². The molecule has 0 saturated carbocycles. The minimum Gasteiger partial charge on any atom is -0.492 e. The molecule has 174 valence electrons. The molecule has 0 aromatic heterocycles. The van der Waals surface area contributed by atoms with Gasteiger partial charge in [0.1, 0.15) is 24.4 Å². The molecule has 0 unspecified atom stereocenters. The second-order valence-electron chi connectivity index (χ2n) is 8.40. The van der Waals surface area contributed by atoms with Crippen molar-refractivity contribution in [3.63, 3.8) is 0 Å². The fourth-order valence-electron chi connectivity index (χ4n) is 4.71. The Morgan fingerprint density at radius 3 is 2.72 bits per heavy atom. The zero-order valence-corrected chi connectivity index (χ0v) is 19.9. The van der Waals surface area contributed by atoms with Gasteiger partial charge >= 0.3 is 0 Å². The van der Waals surface area contributed by atoms with E-state index in [0.29, 0.717) is 13.0 Å². The maximum atomic E-state index is 10.5. The lowest BCUT2D eigenvalue weighted by atomic mass is 9.74. The highest BCUT2D eigenvalue weighted by Gasteiger charge is 2.43. The number of carbonyl (C=O) groups excluding carboxylic acids is 1. The van der Waals surface area contributed by atoms with Crippen LogP contribution < -0.4 is 9.47 Å². The Morgan fingerprint density at radius 1 is 1.22 bits per heavy atom. The van der Waals surface area contributed by atoms with Crippen molar-refractivity contribution in [2.45, 2.75) is 51.0 Å². The van der Waals surface area contributed by atoms with Crippen molar-refractivity contribution in [3.05, 3.63) is 58.1 Å². The average molecular weight is 460 g/mol. The van der Waals surface area contributed by atoms with Gasteiger partial charge in [-0.15, -0.1) is 0 Å². The number of aliphatic hydroxyl groups is 1. The number of hydrogen-bond acceptors (Lipinski definition) is 5. The second-order valence-corrected chi connectivity index (χ2v) is 8.80. The van der Waals surface area contributed by atoms with Gasteiger partial charge in [-0.25, -0.2) is 0 Å². The lowest BCUT2D eigenvalue weighted by molar-refractivity contribution is -0.108. The SMILES string of the molecule is CCc1cccc(Cl)c1COc1ccc2c(c1)OCC21CCN(CCCC=O)CC1.CO. The molecule has 2 aliphatic rings. The molecule has 1 fully saturated rings. The van der Waals surface area contributed by atoms with Crippen molar-refractivity contribution in [2.24, 2.45) is 0 Å². The Kier molecular flexibility index (Phi) is 8.97. The van der Waals surface area contributed by atoms with Crippen molar-refractivity contribution in [2.75, 3.05) is 33.4 Å². The Hall–Kier alpha value is -2.08. The van der Waals surface area contributed by atoms with Crippen LogP contribution in [0.2, 0.25) is 5.02 Å². The summed E-state index contributed by atoms with van der Waals surface area (Å²) in [6.07, 6.45) is 5.75. The lowest BCUT2D eigenvalue weighted by Gasteiger charge is -2.38. The standard InChI is InChI=1S/C25H30ClNO3.CH4O/c1-2-19-6-5-7-23(26)21(19)17-29-20-8-9-22-24(16-20)30-18-25(22)10-13-27(14-11-25)12-3-4-15-28;1-2/h5-9,15-16H,2-4,10-14,17-18H2,1H3;2H,1H3. The molecular formula is C26H34ClNO4. The maximum Gasteiger partial charge on any atom is 0.126 e. The third-order valence-corrected chi connectivity index (χ3v) is 6.97. The monoisotopic (exact) mass is 459 g/mol. The molecule has 1 N–H and O–H groups in total. The lowest BCUT2D eigenvalue weighted by Crippen LogP contribution is -2.43. The fraction of sp³-hybridized carbons (Fsp3) is 0.500. The van der Waals surface area contributed by atoms with Crippen LogP contribution >= 0.6 is 11.6 Å². The zero-order chi connectivity index (χ0) is 23.0. The normalized spacial score (nSPS) is 16.6. The number of unbranched alkanes of at least 4 members (excludes halogenated alkanes) is 1. The minimum atomic E-state index is 0.118. The summed E-state index contributed by atoms with van der Waals surface area (Å²) < 4.78 is 12.2. The Morgan fingerprint density at radius 2 is 2.00 bits per heavy atom. The number of nitrogens with zero attached hydrogens (tertiary/aromatic N) is 1. The zero-order valence-electron chi connectivity index (χ0n) is 19.1. The molecule has 5 nitrogen and oxygen atoms in total. The summed E-state index contributed by atoms with van der Waals surface area (Å²) in [5.41, 5.74) is 3.71. The number of aldehydes is 1. The molecule has 0 atom stereocenters. The first-order chi connectivity index (χ1) is 15.6. The van der Waals surface area contributed by atoms with Gasteiger partial charge in [0.2, 0.25) is 0 Å². The summed E-state index contributed by atoms with van der Waals surface area (Å²) >= 11 is 6.39. The molecule has 0 radical (unpaired) electrons. The topological polar surface area (TPSA) is 59.0 Å². The molecule has 0 bridgehead atoms. The third kappa shape index (κ3) is 5.45. The number of rotatable bonds is 8. The van der Waals surface area contributed by atoms with Gasteiger partial charge in [0.05, 0.1) is 6.61 Å². The largest absolute Gasteiger partial charge is 0.492 e. The van der Waals surface area contributed by atoms with Crippen LogP contribution in [0.4, 0.5) is 0 Å². The van der Waals surface area contributed by atoms with Gasteiger partial charge in [-0.3, -0.25) is 0 Å². The summed E-state index contributed by atoms with van der Waals surface area (Å²) in [6.45, 7) is 6.47. The number of piperidine rings is 1. The number of halogens is 1. The fourth-order valence-corrected chi connectivity index (χ4v) is 4.96. The number of hydrogen-bond donors (Lipinski definition) is 1. The molecule has 2 aliphatic heterocycles. The van der Waals surface area contributed by atoms with Crippen molar-refractivity contribution in [1.29, 1.82) is 0 Å². The summed E-state index contributed by atoms with van der Waals surface area (Å²) in [7, 11) is 1.00. The van der Waals surface area contributed by atoms with Gasteiger partial charge in [-0.2, -0.15) is 0 Å². The van der Waals surface area contributed by atoms with Gasteiger partial charge in [0.25, 0.3) is 0 Å². The van der Waals surface area contributed by atoms with Gasteiger partial charge in [-0.1, -0.05) is 36.7 Å². The van der Waals surface area contributed by atoms with E-state index in [2.05, 4.69) is 30.0 Å². The maximum absolute atomic E-state index is 10.5. The molecule has 2 heterocycles. The van der Waals surface area contributed by atoms with Crippen molar-refractivity contribution < 1.29 is 19.4 Å². The molecule has 4 rings (SSSR count). The summed E-state index contributed by atoms with van der Waals surface area (Å²) in [4.78, 5) is 13.0. The number of likely N-dealkylation sites (tertiary alicyclic amines) is 1. The Labute approximate surface area is 196 Å². The predicted octanol–water partition coefficient (Wildman–Crippen LogP) is 4.80. The highest BCUT2D eigenvalue weighted by molar-refractivity contribution is 6.31. The number of aryl methyl sites for hydroxylation is 1.